The predicted octanol–water partition coefficient (Wildman–Crippen LogP) is 5.27. The summed E-state index contributed by atoms with van der Waals surface area (Å²) in [6, 6.07) is 0. The molecule has 0 N–H and O–H groups in total. The minimum Gasteiger partial charge on any atom is -0.413 e. The Labute approximate surface area is 131 Å². The Bertz CT molecular complexity index is 476. The van der Waals surface area contributed by atoms with Crippen LogP contribution in [0.25, 0.3) is 0 Å². The molecule has 2 nitrogen and oxygen atoms in total. The third-order valence-electron chi connectivity index (χ3n) is 5.18. The second kappa shape index (κ2) is 5.84. The molecule has 0 saturated carbocycles. The van der Waals surface area contributed by atoms with Gasteiger partial charge in [-0.25, -0.2) is 0 Å². The van der Waals surface area contributed by atoms with Crippen molar-refractivity contribution in [3.8, 4) is 0 Å². The molecule has 0 saturated heterocycles. The van der Waals surface area contributed by atoms with Gasteiger partial charge in [0.25, 0.3) is 0 Å². The van der Waals surface area contributed by atoms with Gasteiger partial charge in [0.1, 0.15) is 0 Å². The molecule has 1 aliphatic carbocycles. The SMILES string of the molecule is CC(=O)C=CC1=C(C)CC(O[Si](C)(C)C(C)(C)C)C1(C)C. The third kappa shape index (κ3) is 3.95. The largest absolute Gasteiger partial charge is 0.413 e. The van der Waals surface area contributed by atoms with Gasteiger partial charge in [0.05, 0.1) is 6.10 Å². The quantitative estimate of drug-likeness (QED) is 0.522. The summed E-state index contributed by atoms with van der Waals surface area (Å²) in [5, 5.41) is 0.217. The zero-order valence-corrected chi connectivity index (χ0v) is 16.3. The summed E-state index contributed by atoms with van der Waals surface area (Å²) in [5.41, 5.74) is 2.58. The van der Waals surface area contributed by atoms with Gasteiger partial charge in [-0.1, -0.05) is 46.3 Å². The average molecular weight is 309 g/mol. The number of carbonyl (C=O) groups is 1. The molecule has 21 heavy (non-hydrogen) atoms. The second-order valence-corrected chi connectivity index (χ2v) is 13.2. The topological polar surface area (TPSA) is 26.3 Å². The second-order valence-electron chi connectivity index (χ2n) is 8.43. The molecule has 0 radical (unpaired) electrons. The zero-order chi connectivity index (χ0) is 16.6. The lowest BCUT2D eigenvalue weighted by Crippen LogP contribution is -2.46. The molecule has 0 spiro atoms. The lowest BCUT2D eigenvalue weighted by atomic mass is 9.83. The van der Waals surface area contributed by atoms with Crippen LogP contribution in [0.15, 0.2) is 23.3 Å². The first kappa shape index (κ1) is 18.4. The lowest BCUT2D eigenvalue weighted by Gasteiger charge is -2.42. The van der Waals surface area contributed by atoms with Crippen LogP contribution < -0.4 is 0 Å². The molecule has 3 heteroatoms. The van der Waals surface area contributed by atoms with Crippen LogP contribution in [0.2, 0.25) is 18.1 Å². The Kier molecular flexibility index (Phi) is 5.11. The van der Waals surface area contributed by atoms with E-state index in [0.29, 0.717) is 0 Å². The van der Waals surface area contributed by atoms with Crippen LogP contribution in [-0.2, 0) is 9.22 Å². The van der Waals surface area contributed by atoms with Crippen molar-refractivity contribution in [3.05, 3.63) is 23.3 Å². The van der Waals surface area contributed by atoms with Gasteiger partial charge in [-0.05, 0) is 50.0 Å². The van der Waals surface area contributed by atoms with Crippen molar-refractivity contribution in [1.82, 2.24) is 0 Å². The highest BCUT2D eigenvalue weighted by Crippen LogP contribution is 2.48. The smallest absolute Gasteiger partial charge is 0.192 e. The predicted molar refractivity (Wildman–Crippen MR) is 93.0 cm³/mol. The standard InChI is InChI=1S/C18H32O2Si/c1-13-12-16(20-21(8,9)17(3,4)5)18(6,7)15(13)11-10-14(2)19/h10-11,16H,12H2,1-9H3. The molecule has 1 atom stereocenters. The zero-order valence-electron chi connectivity index (χ0n) is 15.3. The molecule has 0 aliphatic heterocycles. The molecule has 1 unspecified atom stereocenters. The van der Waals surface area contributed by atoms with Crippen molar-refractivity contribution < 1.29 is 9.22 Å². The molecule has 0 bridgehead atoms. The van der Waals surface area contributed by atoms with Crippen LogP contribution in [0, 0.1) is 5.41 Å². The van der Waals surface area contributed by atoms with Crippen molar-refractivity contribution >= 4 is 14.1 Å². The fraction of sp³-hybridized carbons (Fsp3) is 0.722. The van der Waals surface area contributed by atoms with E-state index in [1.54, 1.807) is 13.0 Å². The fourth-order valence-corrected chi connectivity index (χ4v) is 4.09. The Morgan fingerprint density at radius 2 is 1.86 bits per heavy atom. The highest BCUT2D eigenvalue weighted by molar-refractivity contribution is 6.74. The van der Waals surface area contributed by atoms with E-state index < -0.39 is 8.32 Å². The number of rotatable bonds is 4. The molecular formula is C18H32O2Si. The van der Waals surface area contributed by atoms with Gasteiger partial charge in [0, 0.05) is 5.41 Å². The molecule has 1 aliphatic rings. The maximum absolute atomic E-state index is 11.2. The van der Waals surface area contributed by atoms with E-state index >= 15 is 0 Å². The van der Waals surface area contributed by atoms with E-state index in [1.807, 2.05) is 6.08 Å². The van der Waals surface area contributed by atoms with E-state index in [1.165, 1.54) is 11.1 Å². The summed E-state index contributed by atoms with van der Waals surface area (Å²) in [7, 11) is -1.78. The first-order valence-corrected chi connectivity index (χ1v) is 10.8. The van der Waals surface area contributed by atoms with E-state index in [2.05, 4.69) is 54.6 Å². The first-order chi connectivity index (χ1) is 9.29. The van der Waals surface area contributed by atoms with Crippen molar-refractivity contribution in [2.45, 2.75) is 79.1 Å². The monoisotopic (exact) mass is 308 g/mol. The Morgan fingerprint density at radius 1 is 1.33 bits per heavy atom. The van der Waals surface area contributed by atoms with Crippen molar-refractivity contribution in [3.63, 3.8) is 0 Å². The number of carbonyl (C=O) groups excluding carboxylic acids is 1. The van der Waals surface area contributed by atoms with Crippen molar-refractivity contribution in [1.29, 1.82) is 0 Å². The number of hydrogen-bond acceptors (Lipinski definition) is 2. The van der Waals surface area contributed by atoms with Gasteiger partial charge in [-0.2, -0.15) is 0 Å². The molecule has 0 heterocycles. The molecule has 0 fully saturated rings. The highest BCUT2D eigenvalue weighted by Gasteiger charge is 2.46. The molecule has 0 aromatic rings. The highest BCUT2D eigenvalue weighted by atomic mass is 28.4. The molecule has 1 rings (SSSR count). The lowest BCUT2D eigenvalue weighted by molar-refractivity contribution is -0.112. The van der Waals surface area contributed by atoms with Gasteiger partial charge >= 0.3 is 0 Å². The van der Waals surface area contributed by atoms with Gasteiger partial charge in [-0.3, -0.25) is 4.79 Å². The van der Waals surface area contributed by atoms with E-state index in [9.17, 15) is 4.79 Å². The van der Waals surface area contributed by atoms with Gasteiger partial charge in [0.2, 0.25) is 0 Å². The summed E-state index contributed by atoms with van der Waals surface area (Å²) in [5.74, 6) is 0.0971. The number of allylic oxidation sites excluding steroid dienone is 2. The Morgan fingerprint density at radius 3 is 2.29 bits per heavy atom. The van der Waals surface area contributed by atoms with Gasteiger partial charge in [0.15, 0.2) is 14.1 Å². The maximum Gasteiger partial charge on any atom is 0.192 e. The minimum atomic E-state index is -1.78. The van der Waals surface area contributed by atoms with Crippen LogP contribution in [-0.4, -0.2) is 20.2 Å². The molecule has 120 valence electrons. The van der Waals surface area contributed by atoms with E-state index in [4.69, 9.17) is 4.43 Å². The summed E-state index contributed by atoms with van der Waals surface area (Å²) in [4.78, 5) is 11.2. The van der Waals surface area contributed by atoms with Crippen molar-refractivity contribution in [2.24, 2.45) is 5.41 Å². The van der Waals surface area contributed by atoms with Crippen LogP contribution in [0.3, 0.4) is 0 Å². The van der Waals surface area contributed by atoms with Crippen LogP contribution >= 0.6 is 0 Å². The number of ketones is 1. The summed E-state index contributed by atoms with van der Waals surface area (Å²) >= 11 is 0. The molecule has 0 amide bonds. The number of hydrogen-bond donors (Lipinski definition) is 0. The maximum atomic E-state index is 11.2. The first-order valence-electron chi connectivity index (χ1n) is 7.86. The minimum absolute atomic E-state index is 0.0362. The van der Waals surface area contributed by atoms with E-state index in [-0.39, 0.29) is 22.3 Å². The Hall–Kier alpha value is -0.673. The fourth-order valence-electron chi connectivity index (χ4n) is 2.65. The summed E-state index contributed by atoms with van der Waals surface area (Å²) < 4.78 is 6.66. The average Bonchev–Trinajstić information content (AvgIpc) is 2.44. The Balaban J connectivity index is 3.00. The third-order valence-corrected chi connectivity index (χ3v) is 9.66. The van der Waals surface area contributed by atoms with Gasteiger partial charge < -0.3 is 4.43 Å². The summed E-state index contributed by atoms with van der Waals surface area (Å²) in [6.07, 6.45) is 4.85. The van der Waals surface area contributed by atoms with E-state index in [0.717, 1.165) is 6.42 Å². The molecule has 0 aromatic heterocycles. The summed E-state index contributed by atoms with van der Waals surface area (Å²) in [6.45, 7) is 19.7. The molecule has 0 aromatic carbocycles. The normalized spacial score (nSPS) is 23.2. The van der Waals surface area contributed by atoms with Gasteiger partial charge in [-0.15, -0.1) is 0 Å². The van der Waals surface area contributed by atoms with Crippen molar-refractivity contribution in [2.75, 3.05) is 0 Å². The van der Waals surface area contributed by atoms with Crippen LogP contribution in [0.4, 0.5) is 0 Å². The van der Waals surface area contributed by atoms with Crippen LogP contribution in [0.5, 0.6) is 0 Å². The molecular weight excluding hydrogens is 276 g/mol. The van der Waals surface area contributed by atoms with Crippen LogP contribution in [0.1, 0.15) is 54.9 Å².